The second-order valence-electron chi connectivity index (χ2n) is 7.36. The fraction of sp³-hybridized carbons (Fsp3) is 0.304. The summed E-state index contributed by atoms with van der Waals surface area (Å²) < 4.78 is 16.1. The van der Waals surface area contributed by atoms with Gasteiger partial charge in [0.2, 0.25) is 12.7 Å². The largest absolute Gasteiger partial charge is 0.454 e. The molecule has 0 spiro atoms. The Morgan fingerprint density at radius 1 is 1.13 bits per heavy atom. The molecule has 1 aliphatic rings. The second-order valence-corrected chi connectivity index (χ2v) is 7.36. The minimum absolute atomic E-state index is 0.0672. The summed E-state index contributed by atoms with van der Waals surface area (Å²) in [5.41, 5.74) is 2.58. The van der Waals surface area contributed by atoms with E-state index in [4.69, 9.17) is 14.0 Å². The third-order valence-electron chi connectivity index (χ3n) is 5.24. The fourth-order valence-electron chi connectivity index (χ4n) is 3.29. The van der Waals surface area contributed by atoms with Gasteiger partial charge in [-0.3, -0.25) is 9.69 Å². The van der Waals surface area contributed by atoms with Crippen LogP contribution in [0.4, 0.5) is 5.69 Å². The Morgan fingerprint density at radius 2 is 1.93 bits per heavy atom. The highest BCUT2D eigenvalue weighted by molar-refractivity contribution is 5.94. The lowest BCUT2D eigenvalue weighted by molar-refractivity contribution is -0.120. The number of likely N-dealkylation sites (N-methyl/N-ethyl adjacent to an activating group) is 1. The van der Waals surface area contributed by atoms with E-state index in [2.05, 4.69) is 10.5 Å². The average Bonchev–Trinajstić information content (AvgIpc) is 3.43. The van der Waals surface area contributed by atoms with Crippen LogP contribution < -0.4 is 14.8 Å². The van der Waals surface area contributed by atoms with Crippen LogP contribution in [0.3, 0.4) is 0 Å². The van der Waals surface area contributed by atoms with Crippen molar-refractivity contribution in [2.24, 2.45) is 0 Å². The average molecular weight is 407 g/mol. The predicted octanol–water partition coefficient (Wildman–Crippen LogP) is 3.96. The number of carbonyl (C=O) groups excluding carboxylic acids is 1. The molecule has 1 amide bonds. The Hall–Kier alpha value is -3.32. The molecule has 30 heavy (non-hydrogen) atoms. The predicted molar refractivity (Wildman–Crippen MR) is 114 cm³/mol. The van der Waals surface area contributed by atoms with Crippen LogP contribution in [0.25, 0.3) is 11.3 Å². The highest BCUT2D eigenvalue weighted by Gasteiger charge is 2.20. The van der Waals surface area contributed by atoms with Crippen molar-refractivity contribution in [1.29, 1.82) is 0 Å². The van der Waals surface area contributed by atoms with Crippen molar-refractivity contribution in [2.75, 3.05) is 25.7 Å². The monoisotopic (exact) mass is 407 g/mol. The van der Waals surface area contributed by atoms with Crippen LogP contribution in [-0.4, -0.2) is 42.4 Å². The molecule has 2 heterocycles. The number of aromatic nitrogens is 1. The van der Waals surface area contributed by atoms with Crippen LogP contribution in [0.1, 0.15) is 19.1 Å². The Labute approximate surface area is 175 Å². The third kappa shape index (κ3) is 4.63. The van der Waals surface area contributed by atoms with E-state index in [1.54, 1.807) is 12.1 Å². The first kappa shape index (κ1) is 20.0. The van der Waals surface area contributed by atoms with Crippen molar-refractivity contribution in [2.45, 2.75) is 25.8 Å². The lowest BCUT2D eigenvalue weighted by Gasteiger charge is -2.23. The van der Waals surface area contributed by atoms with Gasteiger partial charge in [0, 0.05) is 29.8 Å². The summed E-state index contributed by atoms with van der Waals surface area (Å²) in [7, 11) is 1.94. The highest BCUT2D eigenvalue weighted by atomic mass is 16.7. The van der Waals surface area contributed by atoms with Gasteiger partial charge in [0.25, 0.3) is 0 Å². The van der Waals surface area contributed by atoms with Crippen molar-refractivity contribution < 1.29 is 18.8 Å². The van der Waals surface area contributed by atoms with Crippen LogP contribution in [0.15, 0.2) is 59.1 Å². The quantitative estimate of drug-likeness (QED) is 0.609. The second kappa shape index (κ2) is 9.00. The van der Waals surface area contributed by atoms with Crippen molar-refractivity contribution in [3.05, 3.63) is 60.4 Å². The van der Waals surface area contributed by atoms with E-state index < -0.39 is 0 Å². The number of carbonyl (C=O) groups is 1. The number of ether oxygens (including phenoxy) is 2. The van der Waals surface area contributed by atoms with Crippen molar-refractivity contribution in [3.8, 4) is 22.8 Å². The zero-order valence-electron chi connectivity index (χ0n) is 17.1. The van der Waals surface area contributed by atoms with Gasteiger partial charge < -0.3 is 19.3 Å². The molecule has 1 aromatic heterocycles. The lowest BCUT2D eigenvalue weighted by atomic mass is 10.1. The van der Waals surface area contributed by atoms with E-state index in [1.807, 2.05) is 61.3 Å². The number of fused-ring (bicyclic) bond motifs is 1. The van der Waals surface area contributed by atoms with Gasteiger partial charge in [0.05, 0.1) is 6.04 Å². The van der Waals surface area contributed by atoms with E-state index in [9.17, 15) is 4.79 Å². The summed E-state index contributed by atoms with van der Waals surface area (Å²) in [4.78, 5) is 14.6. The van der Waals surface area contributed by atoms with Gasteiger partial charge in [0.15, 0.2) is 11.5 Å². The summed E-state index contributed by atoms with van der Waals surface area (Å²) in [6.07, 6.45) is 1.63. The zero-order valence-corrected chi connectivity index (χ0v) is 17.1. The number of hydrogen-bond donors (Lipinski definition) is 1. The number of hydrogen-bond acceptors (Lipinski definition) is 6. The number of nitrogens with one attached hydrogen (secondary N) is 1. The first-order chi connectivity index (χ1) is 14.6. The van der Waals surface area contributed by atoms with E-state index in [1.165, 1.54) is 0 Å². The molecule has 2 aromatic carbocycles. The van der Waals surface area contributed by atoms with E-state index in [-0.39, 0.29) is 18.7 Å². The lowest BCUT2D eigenvalue weighted by Crippen LogP contribution is -2.40. The molecule has 7 nitrogen and oxygen atoms in total. The standard InChI is InChI=1S/C23H25N3O4/c1-16(23(27)24-18-10-11-21-22(13-18)29-15-28-21)26(2)12-6-9-19-14-20(25-30-19)17-7-4-3-5-8-17/h3-5,7-8,10-11,13-14,16H,6,9,12,15H2,1-2H3,(H,24,27). The molecule has 0 bridgehead atoms. The van der Waals surface area contributed by atoms with Crippen LogP contribution in [-0.2, 0) is 11.2 Å². The Balaban J connectivity index is 1.25. The number of nitrogens with zero attached hydrogens (tertiary/aromatic N) is 2. The minimum atomic E-state index is -0.273. The molecule has 0 fully saturated rings. The molecule has 1 N–H and O–H groups in total. The van der Waals surface area contributed by atoms with E-state index >= 15 is 0 Å². The topological polar surface area (TPSA) is 76.8 Å². The summed E-state index contributed by atoms with van der Waals surface area (Å²) in [5, 5.41) is 7.08. The molecule has 3 aromatic rings. The molecule has 1 unspecified atom stereocenters. The highest BCUT2D eigenvalue weighted by Crippen LogP contribution is 2.34. The molecule has 0 saturated heterocycles. The molecule has 0 aliphatic carbocycles. The number of rotatable bonds is 8. The van der Waals surface area contributed by atoms with E-state index in [0.717, 1.165) is 36.4 Å². The Morgan fingerprint density at radius 3 is 2.77 bits per heavy atom. The summed E-state index contributed by atoms with van der Waals surface area (Å²) in [6, 6.07) is 17.1. The maximum atomic E-state index is 12.6. The fourth-order valence-corrected chi connectivity index (χ4v) is 3.29. The minimum Gasteiger partial charge on any atom is -0.454 e. The van der Waals surface area contributed by atoms with Crippen LogP contribution >= 0.6 is 0 Å². The summed E-state index contributed by atoms with van der Waals surface area (Å²) in [6.45, 7) is 2.87. The number of aryl methyl sites for hydroxylation is 1. The van der Waals surface area contributed by atoms with Crippen molar-refractivity contribution >= 4 is 11.6 Å². The molecule has 0 saturated carbocycles. The zero-order chi connectivity index (χ0) is 20.9. The Kier molecular flexibility index (Phi) is 5.99. The number of benzene rings is 2. The van der Waals surface area contributed by atoms with Gasteiger partial charge in [0.1, 0.15) is 11.5 Å². The molecule has 1 atom stereocenters. The molecule has 156 valence electrons. The maximum absolute atomic E-state index is 12.6. The van der Waals surface area contributed by atoms with Gasteiger partial charge in [-0.25, -0.2) is 0 Å². The van der Waals surface area contributed by atoms with Gasteiger partial charge >= 0.3 is 0 Å². The molecule has 1 aliphatic heterocycles. The first-order valence-corrected chi connectivity index (χ1v) is 10.0. The molecule has 0 radical (unpaired) electrons. The molecule has 7 heteroatoms. The number of anilines is 1. The van der Waals surface area contributed by atoms with Gasteiger partial charge in [-0.15, -0.1) is 0 Å². The normalized spacial score (nSPS) is 13.4. The van der Waals surface area contributed by atoms with Crippen LogP contribution in [0.5, 0.6) is 11.5 Å². The van der Waals surface area contributed by atoms with Crippen LogP contribution in [0, 0.1) is 0 Å². The SMILES string of the molecule is CC(C(=O)Nc1ccc2c(c1)OCO2)N(C)CCCc1cc(-c2ccccc2)no1. The summed E-state index contributed by atoms with van der Waals surface area (Å²) >= 11 is 0. The maximum Gasteiger partial charge on any atom is 0.241 e. The van der Waals surface area contributed by atoms with Crippen LogP contribution in [0.2, 0.25) is 0 Å². The van der Waals surface area contributed by atoms with Crippen molar-refractivity contribution in [3.63, 3.8) is 0 Å². The smallest absolute Gasteiger partial charge is 0.241 e. The van der Waals surface area contributed by atoms with Gasteiger partial charge in [-0.2, -0.15) is 0 Å². The molecule has 4 rings (SSSR count). The summed E-state index contributed by atoms with van der Waals surface area (Å²) in [5.74, 6) is 2.12. The first-order valence-electron chi connectivity index (χ1n) is 10.0. The van der Waals surface area contributed by atoms with Gasteiger partial charge in [-0.05, 0) is 39.1 Å². The van der Waals surface area contributed by atoms with E-state index in [0.29, 0.717) is 17.2 Å². The van der Waals surface area contributed by atoms with Gasteiger partial charge in [-0.1, -0.05) is 35.5 Å². The number of amides is 1. The molecular weight excluding hydrogens is 382 g/mol. The van der Waals surface area contributed by atoms with Crippen molar-refractivity contribution in [1.82, 2.24) is 10.1 Å². The Bertz CT molecular complexity index is 1000. The molecular formula is C23H25N3O4. The third-order valence-corrected chi connectivity index (χ3v) is 5.24.